The van der Waals surface area contributed by atoms with Crippen molar-refractivity contribution in [3.8, 4) is 0 Å². The molecule has 0 aliphatic carbocycles. The first-order valence-corrected chi connectivity index (χ1v) is 7.10. The van der Waals surface area contributed by atoms with Gasteiger partial charge in [0.15, 0.2) is 0 Å². The maximum absolute atomic E-state index is 13.8. The Labute approximate surface area is 122 Å². The quantitative estimate of drug-likeness (QED) is 0.793. The first kappa shape index (κ1) is 17.1. The van der Waals surface area contributed by atoms with E-state index >= 15 is 0 Å². The minimum atomic E-state index is -0.201. The number of likely N-dealkylation sites (N-methyl/N-ethyl adjacent to an activating group) is 1. The Bertz CT molecular complexity index is 419. The number of ether oxygens (including phenoxy) is 1. The molecule has 1 aromatic rings. The molecule has 1 N–H and O–H groups in total. The Hall–Kier alpha value is -0.970. The first-order valence-electron chi connectivity index (χ1n) is 7.10. The van der Waals surface area contributed by atoms with E-state index in [-0.39, 0.29) is 11.4 Å². The summed E-state index contributed by atoms with van der Waals surface area (Å²) < 4.78 is 19.4. The van der Waals surface area contributed by atoms with Crippen molar-refractivity contribution < 1.29 is 9.13 Å². The molecule has 0 aromatic heterocycles. The number of hydrogen-bond acceptors (Lipinski definition) is 3. The second-order valence-corrected chi connectivity index (χ2v) is 5.91. The van der Waals surface area contributed by atoms with Crippen molar-refractivity contribution in [3.63, 3.8) is 0 Å². The van der Waals surface area contributed by atoms with E-state index in [1.807, 2.05) is 26.2 Å². The average Bonchev–Trinajstić information content (AvgIpc) is 2.39. The van der Waals surface area contributed by atoms with Crippen LogP contribution in [0.4, 0.5) is 4.39 Å². The van der Waals surface area contributed by atoms with Crippen LogP contribution in [0.5, 0.6) is 0 Å². The SMILES string of the molecule is CCNCc1ccc(F)c(COCC(C)(C)N(C)C)c1. The monoisotopic (exact) mass is 282 g/mol. The van der Waals surface area contributed by atoms with Gasteiger partial charge in [0.2, 0.25) is 0 Å². The van der Waals surface area contributed by atoms with Crippen LogP contribution < -0.4 is 5.32 Å². The van der Waals surface area contributed by atoms with Gasteiger partial charge in [0.05, 0.1) is 13.2 Å². The third kappa shape index (κ3) is 5.19. The summed E-state index contributed by atoms with van der Waals surface area (Å²) in [5.74, 6) is -0.201. The minimum absolute atomic E-state index is 0.0577. The standard InChI is InChI=1S/C16H27FN2O/c1-6-18-10-13-7-8-15(17)14(9-13)11-20-12-16(2,3)19(4)5/h7-9,18H,6,10-12H2,1-5H3. The van der Waals surface area contributed by atoms with E-state index in [9.17, 15) is 4.39 Å². The van der Waals surface area contributed by atoms with Crippen molar-refractivity contribution in [2.24, 2.45) is 0 Å². The lowest BCUT2D eigenvalue weighted by atomic mass is 10.1. The van der Waals surface area contributed by atoms with Crippen LogP contribution >= 0.6 is 0 Å². The molecule has 114 valence electrons. The molecule has 4 heteroatoms. The van der Waals surface area contributed by atoms with Crippen LogP contribution in [0.1, 0.15) is 31.9 Å². The number of benzene rings is 1. The predicted molar refractivity (Wildman–Crippen MR) is 81.2 cm³/mol. The van der Waals surface area contributed by atoms with E-state index in [1.165, 1.54) is 6.07 Å². The van der Waals surface area contributed by atoms with Crippen LogP contribution in [0.25, 0.3) is 0 Å². The average molecular weight is 282 g/mol. The highest BCUT2D eigenvalue weighted by atomic mass is 19.1. The highest BCUT2D eigenvalue weighted by molar-refractivity contribution is 5.24. The number of hydrogen-bond donors (Lipinski definition) is 1. The van der Waals surface area contributed by atoms with Crippen LogP contribution in [0.2, 0.25) is 0 Å². The molecule has 3 nitrogen and oxygen atoms in total. The zero-order valence-corrected chi connectivity index (χ0v) is 13.3. The van der Waals surface area contributed by atoms with E-state index in [4.69, 9.17) is 4.74 Å². The lowest BCUT2D eigenvalue weighted by Gasteiger charge is -2.32. The van der Waals surface area contributed by atoms with Crippen LogP contribution in [0, 0.1) is 5.82 Å². The molecule has 0 heterocycles. The molecule has 0 amide bonds. The fourth-order valence-electron chi connectivity index (χ4n) is 1.66. The molecule has 0 aliphatic rings. The van der Waals surface area contributed by atoms with Crippen molar-refractivity contribution in [1.82, 2.24) is 10.2 Å². The Balaban J connectivity index is 2.58. The van der Waals surface area contributed by atoms with Gasteiger partial charge in [-0.1, -0.05) is 13.0 Å². The molecule has 0 fully saturated rings. The molecule has 0 radical (unpaired) electrons. The van der Waals surface area contributed by atoms with Gasteiger partial charge in [0, 0.05) is 17.6 Å². The maximum atomic E-state index is 13.8. The van der Waals surface area contributed by atoms with Crippen molar-refractivity contribution in [3.05, 3.63) is 35.1 Å². The summed E-state index contributed by atoms with van der Waals surface area (Å²) in [6.07, 6.45) is 0. The zero-order valence-electron chi connectivity index (χ0n) is 13.3. The van der Waals surface area contributed by atoms with Gasteiger partial charge < -0.3 is 15.0 Å². The predicted octanol–water partition coefficient (Wildman–Crippen LogP) is 2.79. The van der Waals surface area contributed by atoms with Gasteiger partial charge in [0.25, 0.3) is 0 Å². The molecule has 20 heavy (non-hydrogen) atoms. The van der Waals surface area contributed by atoms with Gasteiger partial charge in [-0.05, 0) is 52.2 Å². The minimum Gasteiger partial charge on any atom is -0.375 e. The fourth-order valence-corrected chi connectivity index (χ4v) is 1.66. The van der Waals surface area contributed by atoms with Crippen LogP contribution in [0.3, 0.4) is 0 Å². The lowest BCUT2D eigenvalue weighted by molar-refractivity contribution is 0.0264. The van der Waals surface area contributed by atoms with E-state index in [2.05, 4.69) is 31.0 Å². The number of rotatable bonds is 8. The zero-order chi connectivity index (χ0) is 15.2. The van der Waals surface area contributed by atoms with Crippen molar-refractivity contribution in [2.45, 2.75) is 39.5 Å². The van der Waals surface area contributed by atoms with Gasteiger partial charge in [-0.25, -0.2) is 4.39 Å². The molecule has 0 atom stereocenters. The molecule has 1 rings (SSSR count). The smallest absolute Gasteiger partial charge is 0.128 e. The van der Waals surface area contributed by atoms with E-state index in [0.29, 0.717) is 18.8 Å². The van der Waals surface area contributed by atoms with Gasteiger partial charge in [-0.15, -0.1) is 0 Å². The maximum Gasteiger partial charge on any atom is 0.128 e. The van der Waals surface area contributed by atoms with Crippen LogP contribution in [0.15, 0.2) is 18.2 Å². The second kappa shape index (κ2) is 7.72. The lowest BCUT2D eigenvalue weighted by Crippen LogP contribution is -2.42. The molecule has 0 bridgehead atoms. The third-order valence-electron chi connectivity index (χ3n) is 3.61. The van der Waals surface area contributed by atoms with Crippen molar-refractivity contribution in [2.75, 3.05) is 27.2 Å². The molecule has 0 saturated heterocycles. The normalized spacial score (nSPS) is 12.2. The Morgan fingerprint density at radius 2 is 2.00 bits per heavy atom. The number of nitrogens with one attached hydrogen (secondary N) is 1. The Kier molecular flexibility index (Phi) is 6.59. The Morgan fingerprint density at radius 1 is 1.30 bits per heavy atom. The van der Waals surface area contributed by atoms with Crippen LogP contribution in [-0.4, -0.2) is 37.7 Å². The second-order valence-electron chi connectivity index (χ2n) is 5.91. The summed E-state index contributed by atoms with van der Waals surface area (Å²) in [6.45, 7) is 8.79. The topological polar surface area (TPSA) is 24.5 Å². The Morgan fingerprint density at radius 3 is 2.60 bits per heavy atom. The highest BCUT2D eigenvalue weighted by Gasteiger charge is 2.20. The number of nitrogens with zero attached hydrogens (tertiary/aromatic N) is 1. The third-order valence-corrected chi connectivity index (χ3v) is 3.61. The summed E-state index contributed by atoms with van der Waals surface area (Å²) in [5.41, 5.74) is 1.64. The van der Waals surface area contributed by atoms with Gasteiger partial charge in [-0.2, -0.15) is 0 Å². The fraction of sp³-hybridized carbons (Fsp3) is 0.625. The molecule has 0 saturated carbocycles. The largest absolute Gasteiger partial charge is 0.375 e. The first-order chi connectivity index (χ1) is 9.36. The highest BCUT2D eigenvalue weighted by Crippen LogP contribution is 2.15. The van der Waals surface area contributed by atoms with Crippen molar-refractivity contribution in [1.29, 1.82) is 0 Å². The summed E-state index contributed by atoms with van der Waals surface area (Å²) in [4.78, 5) is 2.10. The molecular weight excluding hydrogens is 255 g/mol. The summed E-state index contributed by atoms with van der Waals surface area (Å²) in [7, 11) is 4.03. The van der Waals surface area contributed by atoms with Gasteiger partial charge in [-0.3, -0.25) is 0 Å². The molecule has 0 spiro atoms. The van der Waals surface area contributed by atoms with E-state index in [0.717, 1.165) is 18.7 Å². The van der Waals surface area contributed by atoms with Gasteiger partial charge in [0.1, 0.15) is 5.82 Å². The molecule has 0 unspecified atom stereocenters. The van der Waals surface area contributed by atoms with E-state index in [1.54, 1.807) is 0 Å². The molecule has 1 aromatic carbocycles. The summed E-state index contributed by atoms with van der Waals surface area (Å²) >= 11 is 0. The molecular formula is C16H27FN2O. The molecule has 0 aliphatic heterocycles. The van der Waals surface area contributed by atoms with Crippen LogP contribution in [-0.2, 0) is 17.9 Å². The summed E-state index contributed by atoms with van der Waals surface area (Å²) in [5, 5.41) is 3.24. The number of halogens is 1. The van der Waals surface area contributed by atoms with Crippen molar-refractivity contribution >= 4 is 0 Å². The summed E-state index contributed by atoms with van der Waals surface area (Å²) in [6, 6.07) is 5.20. The van der Waals surface area contributed by atoms with E-state index < -0.39 is 0 Å². The van der Waals surface area contributed by atoms with Gasteiger partial charge >= 0.3 is 0 Å².